The van der Waals surface area contributed by atoms with E-state index in [1.807, 2.05) is 24.3 Å². The number of fused-ring (bicyclic) bond motifs is 2. The maximum Gasteiger partial charge on any atom is 0.221 e. The van der Waals surface area contributed by atoms with Gasteiger partial charge in [-0.1, -0.05) is 36.3 Å². The minimum absolute atomic E-state index is 0.175. The second kappa shape index (κ2) is 5.15. The third-order valence-corrected chi connectivity index (χ3v) is 3.86. The average Bonchev–Trinajstić information content (AvgIpc) is 2.95. The van der Waals surface area contributed by atoms with Crippen LogP contribution in [0.25, 0.3) is 22.4 Å². The van der Waals surface area contributed by atoms with Crippen molar-refractivity contribution in [1.82, 2.24) is 9.97 Å². The van der Waals surface area contributed by atoms with Gasteiger partial charge < -0.3 is 10.5 Å². The SMILES string of the molecule is C#Cc1cc(-c2ccccc2-c2ccc3cc2CO3)nc(N)n1. The number of hydrogen-bond donors (Lipinski definition) is 1. The second-order valence-corrected chi connectivity index (χ2v) is 5.29. The molecule has 110 valence electrons. The highest BCUT2D eigenvalue weighted by Crippen LogP contribution is 2.37. The Hall–Kier alpha value is -3.32. The Morgan fingerprint density at radius 2 is 1.83 bits per heavy atom. The zero-order valence-corrected chi connectivity index (χ0v) is 12.3. The quantitative estimate of drug-likeness (QED) is 0.738. The molecule has 1 aromatic heterocycles. The highest BCUT2D eigenvalue weighted by Gasteiger charge is 2.17. The van der Waals surface area contributed by atoms with E-state index in [0.29, 0.717) is 12.3 Å². The average molecular weight is 299 g/mol. The normalized spacial score (nSPS) is 11.8. The molecule has 0 fully saturated rings. The summed E-state index contributed by atoms with van der Waals surface area (Å²) in [6.07, 6.45) is 5.46. The van der Waals surface area contributed by atoms with Crippen molar-refractivity contribution >= 4 is 5.95 Å². The molecule has 0 saturated carbocycles. The fourth-order valence-corrected chi connectivity index (χ4v) is 2.82. The Morgan fingerprint density at radius 3 is 2.65 bits per heavy atom. The van der Waals surface area contributed by atoms with Crippen LogP contribution in [-0.4, -0.2) is 9.97 Å². The molecular weight excluding hydrogens is 286 g/mol. The summed E-state index contributed by atoms with van der Waals surface area (Å²) in [6, 6.07) is 15.9. The van der Waals surface area contributed by atoms with Crippen LogP contribution in [0.1, 0.15) is 11.3 Å². The molecule has 4 heteroatoms. The summed E-state index contributed by atoms with van der Waals surface area (Å²) in [7, 11) is 0. The Kier molecular flexibility index (Phi) is 2.99. The van der Waals surface area contributed by atoms with E-state index in [2.05, 4.69) is 34.1 Å². The molecule has 23 heavy (non-hydrogen) atoms. The summed E-state index contributed by atoms with van der Waals surface area (Å²) >= 11 is 0. The van der Waals surface area contributed by atoms with Crippen LogP contribution < -0.4 is 10.5 Å². The molecule has 4 nitrogen and oxygen atoms in total. The van der Waals surface area contributed by atoms with Gasteiger partial charge in [0, 0.05) is 11.1 Å². The van der Waals surface area contributed by atoms with Crippen LogP contribution in [0.15, 0.2) is 48.5 Å². The zero-order chi connectivity index (χ0) is 15.8. The van der Waals surface area contributed by atoms with Gasteiger partial charge in [-0.15, -0.1) is 6.42 Å². The van der Waals surface area contributed by atoms with E-state index < -0.39 is 0 Å². The summed E-state index contributed by atoms with van der Waals surface area (Å²) in [5.41, 5.74) is 11.3. The van der Waals surface area contributed by atoms with Gasteiger partial charge in [0.15, 0.2) is 0 Å². The number of hydrogen-bond acceptors (Lipinski definition) is 4. The molecule has 0 radical (unpaired) electrons. The van der Waals surface area contributed by atoms with E-state index in [9.17, 15) is 0 Å². The van der Waals surface area contributed by atoms with Gasteiger partial charge in [-0.05, 0) is 29.3 Å². The number of nitrogens with zero attached hydrogens (tertiary/aromatic N) is 2. The molecular formula is C19H13N3O. The molecule has 0 atom stereocenters. The lowest BCUT2D eigenvalue weighted by atomic mass is 9.94. The first kappa shape index (κ1) is 13.4. The molecule has 0 amide bonds. The van der Waals surface area contributed by atoms with E-state index in [4.69, 9.17) is 16.9 Å². The van der Waals surface area contributed by atoms with Crippen LogP contribution >= 0.6 is 0 Å². The van der Waals surface area contributed by atoms with Gasteiger partial charge in [-0.25, -0.2) is 9.97 Å². The molecule has 1 aliphatic rings. The fraction of sp³-hybridized carbons (Fsp3) is 0.0526. The van der Waals surface area contributed by atoms with Gasteiger partial charge >= 0.3 is 0 Å². The minimum atomic E-state index is 0.175. The Labute approximate surface area is 134 Å². The van der Waals surface area contributed by atoms with Crippen molar-refractivity contribution in [2.45, 2.75) is 6.61 Å². The third kappa shape index (κ3) is 2.29. The van der Waals surface area contributed by atoms with Gasteiger partial charge in [0.2, 0.25) is 5.95 Å². The van der Waals surface area contributed by atoms with Crippen LogP contribution in [0, 0.1) is 12.3 Å². The van der Waals surface area contributed by atoms with E-state index >= 15 is 0 Å². The molecule has 0 aliphatic carbocycles. The topological polar surface area (TPSA) is 61.0 Å². The number of anilines is 1. The van der Waals surface area contributed by atoms with Crippen molar-refractivity contribution in [3.05, 3.63) is 59.8 Å². The summed E-state index contributed by atoms with van der Waals surface area (Å²) < 4.78 is 5.57. The summed E-state index contributed by atoms with van der Waals surface area (Å²) in [4.78, 5) is 8.38. The Morgan fingerprint density at radius 1 is 1.00 bits per heavy atom. The van der Waals surface area contributed by atoms with Crippen molar-refractivity contribution in [1.29, 1.82) is 0 Å². The molecule has 2 aromatic carbocycles. The van der Waals surface area contributed by atoms with Gasteiger partial charge in [0.05, 0.1) is 5.69 Å². The first-order chi connectivity index (χ1) is 11.2. The molecule has 0 saturated heterocycles. The number of ether oxygens (including phenoxy) is 1. The number of benzene rings is 2. The van der Waals surface area contributed by atoms with Crippen LogP contribution in [0.4, 0.5) is 5.95 Å². The van der Waals surface area contributed by atoms with E-state index in [-0.39, 0.29) is 5.95 Å². The monoisotopic (exact) mass is 299 g/mol. The molecule has 2 heterocycles. The molecule has 0 unspecified atom stereocenters. The van der Waals surface area contributed by atoms with Crippen LogP contribution in [0.3, 0.4) is 0 Å². The lowest BCUT2D eigenvalue weighted by molar-refractivity contribution is 0.328. The molecule has 2 bridgehead atoms. The molecule has 0 spiro atoms. The molecule has 3 aromatic rings. The highest BCUT2D eigenvalue weighted by atomic mass is 16.5. The van der Waals surface area contributed by atoms with Gasteiger partial charge in [-0.3, -0.25) is 0 Å². The van der Waals surface area contributed by atoms with Crippen molar-refractivity contribution in [2.24, 2.45) is 0 Å². The molecule has 1 aliphatic heterocycles. The summed E-state index contributed by atoms with van der Waals surface area (Å²) in [5, 5.41) is 0. The molecule has 2 N–H and O–H groups in total. The number of rotatable bonds is 2. The summed E-state index contributed by atoms with van der Waals surface area (Å²) in [6.45, 7) is 0.591. The maximum atomic E-state index is 5.79. The Balaban J connectivity index is 1.92. The second-order valence-electron chi connectivity index (χ2n) is 5.29. The first-order valence-corrected chi connectivity index (χ1v) is 7.21. The van der Waals surface area contributed by atoms with Crippen molar-refractivity contribution < 1.29 is 4.74 Å². The number of terminal acetylenes is 1. The number of nitrogens with two attached hydrogens (primary N) is 1. The lowest BCUT2D eigenvalue weighted by Crippen LogP contribution is -1.99. The van der Waals surface area contributed by atoms with E-state index in [1.54, 1.807) is 6.07 Å². The molecule has 4 rings (SSSR count). The fourth-order valence-electron chi connectivity index (χ4n) is 2.82. The number of aromatic nitrogens is 2. The van der Waals surface area contributed by atoms with Crippen molar-refractivity contribution in [2.75, 3.05) is 5.73 Å². The predicted molar refractivity (Wildman–Crippen MR) is 89.6 cm³/mol. The van der Waals surface area contributed by atoms with Gasteiger partial charge in [0.1, 0.15) is 18.1 Å². The largest absolute Gasteiger partial charge is 0.489 e. The summed E-state index contributed by atoms with van der Waals surface area (Å²) in [5.74, 6) is 3.60. The van der Waals surface area contributed by atoms with Crippen molar-refractivity contribution in [3.63, 3.8) is 0 Å². The smallest absolute Gasteiger partial charge is 0.221 e. The minimum Gasteiger partial charge on any atom is -0.489 e. The highest BCUT2D eigenvalue weighted by molar-refractivity contribution is 5.84. The van der Waals surface area contributed by atoms with Crippen LogP contribution in [-0.2, 0) is 6.61 Å². The zero-order valence-electron chi connectivity index (χ0n) is 12.3. The lowest BCUT2D eigenvalue weighted by Gasteiger charge is -2.11. The first-order valence-electron chi connectivity index (χ1n) is 7.21. The predicted octanol–water partition coefficient (Wildman–Crippen LogP) is 3.27. The standard InChI is InChI=1S/C19H13N3O/c1-2-13-10-18(22-19(20)21-13)17-6-4-3-5-16(17)15-8-7-14-9-12(15)11-23-14/h1,3-10H,11H2,(H2,20,21,22). The van der Waals surface area contributed by atoms with E-state index in [1.165, 1.54) is 0 Å². The maximum absolute atomic E-state index is 5.79. The van der Waals surface area contributed by atoms with Crippen molar-refractivity contribution in [3.8, 4) is 40.5 Å². The van der Waals surface area contributed by atoms with Crippen LogP contribution in [0.5, 0.6) is 5.75 Å². The number of nitrogen functional groups attached to an aromatic ring is 1. The van der Waals surface area contributed by atoms with E-state index in [0.717, 1.165) is 33.7 Å². The van der Waals surface area contributed by atoms with Gasteiger partial charge in [-0.2, -0.15) is 0 Å². The van der Waals surface area contributed by atoms with Crippen LogP contribution in [0.2, 0.25) is 0 Å². The Bertz CT molecular complexity index is 957. The third-order valence-electron chi connectivity index (χ3n) is 3.86. The van der Waals surface area contributed by atoms with Gasteiger partial charge in [0.25, 0.3) is 0 Å².